The van der Waals surface area contributed by atoms with Crippen LogP contribution >= 0.6 is 0 Å². The lowest BCUT2D eigenvalue weighted by atomic mass is 10.2. The van der Waals surface area contributed by atoms with Gasteiger partial charge in [0.1, 0.15) is 11.4 Å². The molecule has 0 spiro atoms. The van der Waals surface area contributed by atoms with Crippen LogP contribution in [-0.2, 0) is 19.6 Å². The Kier molecular flexibility index (Phi) is 4.69. The second-order valence-electron chi connectivity index (χ2n) is 3.62. The van der Waals surface area contributed by atoms with Crippen LogP contribution < -0.4 is 10.5 Å². The number of anilines is 1. The van der Waals surface area contributed by atoms with Crippen LogP contribution in [0.5, 0.6) is 0 Å². The van der Waals surface area contributed by atoms with Gasteiger partial charge in [-0.05, 0) is 25.5 Å². The molecule has 0 heterocycles. The number of hydrogen-bond acceptors (Lipinski definition) is 5. The third kappa shape index (κ3) is 3.44. The maximum absolute atomic E-state index is 12.0. The van der Waals surface area contributed by atoms with Gasteiger partial charge in [-0.3, -0.25) is 4.79 Å². The molecular weight excluding hydrogens is 256 g/mol. The molecule has 7 heteroatoms. The zero-order valence-corrected chi connectivity index (χ0v) is 11.1. The van der Waals surface area contributed by atoms with Crippen LogP contribution in [0.2, 0.25) is 0 Å². The quantitative estimate of drug-likeness (QED) is 0.598. The molecule has 1 aromatic carbocycles. The van der Waals surface area contributed by atoms with Gasteiger partial charge in [-0.15, -0.1) is 0 Å². The molecule has 0 aliphatic carbocycles. The first-order chi connectivity index (χ1) is 8.38. The van der Waals surface area contributed by atoms with Gasteiger partial charge in [-0.1, -0.05) is 12.1 Å². The van der Waals surface area contributed by atoms with E-state index in [1.54, 1.807) is 26.0 Å². The van der Waals surface area contributed by atoms with Crippen molar-refractivity contribution < 1.29 is 17.9 Å². The van der Waals surface area contributed by atoms with E-state index in [1.807, 2.05) is 0 Å². The lowest BCUT2D eigenvalue weighted by Gasteiger charge is -2.11. The van der Waals surface area contributed by atoms with Gasteiger partial charge in [-0.25, -0.2) is 8.42 Å². The summed E-state index contributed by atoms with van der Waals surface area (Å²) < 4.78 is 30.8. The average molecular weight is 272 g/mol. The van der Waals surface area contributed by atoms with E-state index in [0.29, 0.717) is 5.56 Å². The maximum atomic E-state index is 12.0. The molecule has 0 saturated carbocycles. The van der Waals surface area contributed by atoms with Crippen LogP contribution in [0.1, 0.15) is 12.5 Å². The topological polar surface area (TPSA) is 98.5 Å². The van der Waals surface area contributed by atoms with E-state index >= 15 is 0 Å². The fraction of sp³-hybridized carbons (Fsp3) is 0.364. The van der Waals surface area contributed by atoms with E-state index in [4.69, 9.17) is 5.73 Å². The molecule has 0 bridgehead atoms. The van der Waals surface area contributed by atoms with Crippen LogP contribution in [-0.4, -0.2) is 27.5 Å². The Morgan fingerprint density at radius 3 is 2.67 bits per heavy atom. The Morgan fingerprint density at radius 2 is 2.11 bits per heavy atom. The number of benzene rings is 1. The third-order valence-electron chi connectivity index (χ3n) is 2.22. The van der Waals surface area contributed by atoms with Crippen molar-refractivity contribution in [1.29, 1.82) is 0 Å². The highest BCUT2D eigenvalue weighted by atomic mass is 32.2. The summed E-state index contributed by atoms with van der Waals surface area (Å²) in [7, 11) is -3.81. The number of ether oxygens (including phenoxy) is 1. The summed E-state index contributed by atoms with van der Waals surface area (Å²) in [6.07, 6.45) is 0. The van der Waals surface area contributed by atoms with Gasteiger partial charge in [-0.2, -0.15) is 4.72 Å². The summed E-state index contributed by atoms with van der Waals surface area (Å²) in [5.74, 6) is -0.631. The van der Waals surface area contributed by atoms with E-state index in [0.717, 1.165) is 0 Å². The van der Waals surface area contributed by atoms with Gasteiger partial charge in [0.15, 0.2) is 0 Å². The van der Waals surface area contributed by atoms with Gasteiger partial charge in [0.25, 0.3) is 0 Å². The third-order valence-corrected chi connectivity index (χ3v) is 3.84. The van der Waals surface area contributed by atoms with Crippen LogP contribution in [0.4, 0.5) is 5.69 Å². The van der Waals surface area contributed by atoms with Crippen molar-refractivity contribution in [3.05, 3.63) is 23.8 Å². The smallest absolute Gasteiger partial charge is 0.321 e. The number of hydrogen-bond donors (Lipinski definition) is 2. The Labute approximate surface area is 106 Å². The number of esters is 1. The molecule has 0 atom stereocenters. The number of carbonyl (C=O) groups is 1. The summed E-state index contributed by atoms with van der Waals surface area (Å²) >= 11 is 0. The number of nitrogens with one attached hydrogen (secondary N) is 1. The Balaban J connectivity index is 2.91. The Bertz CT molecular complexity index is 520. The van der Waals surface area contributed by atoms with E-state index in [9.17, 15) is 13.2 Å². The van der Waals surface area contributed by atoms with Crippen molar-refractivity contribution in [3.8, 4) is 0 Å². The summed E-state index contributed by atoms with van der Waals surface area (Å²) in [6.45, 7) is 3.07. The largest absolute Gasteiger partial charge is 0.465 e. The summed E-state index contributed by atoms with van der Waals surface area (Å²) in [5, 5.41) is 0. The summed E-state index contributed by atoms with van der Waals surface area (Å²) in [6, 6.07) is 4.79. The predicted octanol–water partition coefficient (Wildman–Crippen LogP) is 0.419. The Hall–Kier alpha value is -1.60. The predicted molar refractivity (Wildman–Crippen MR) is 67.4 cm³/mol. The molecule has 18 heavy (non-hydrogen) atoms. The lowest BCUT2D eigenvalue weighted by molar-refractivity contribution is -0.141. The first-order valence-corrected chi connectivity index (χ1v) is 6.87. The molecule has 3 N–H and O–H groups in total. The van der Waals surface area contributed by atoms with Crippen LogP contribution in [0.3, 0.4) is 0 Å². The van der Waals surface area contributed by atoms with E-state index in [2.05, 4.69) is 9.46 Å². The first kappa shape index (κ1) is 14.5. The molecule has 0 unspecified atom stereocenters. The van der Waals surface area contributed by atoms with Crippen molar-refractivity contribution in [2.24, 2.45) is 0 Å². The highest BCUT2D eigenvalue weighted by Gasteiger charge is 2.20. The van der Waals surface area contributed by atoms with Crippen molar-refractivity contribution in [2.45, 2.75) is 18.7 Å². The van der Waals surface area contributed by atoms with Crippen molar-refractivity contribution in [2.75, 3.05) is 18.9 Å². The lowest BCUT2D eigenvalue weighted by Crippen LogP contribution is -2.31. The number of rotatable bonds is 5. The minimum Gasteiger partial charge on any atom is -0.465 e. The number of nitrogen functional groups attached to an aromatic ring is 1. The Morgan fingerprint density at radius 1 is 1.44 bits per heavy atom. The maximum Gasteiger partial charge on any atom is 0.321 e. The van der Waals surface area contributed by atoms with Crippen LogP contribution in [0, 0.1) is 6.92 Å². The number of sulfonamides is 1. The molecule has 0 radical (unpaired) electrons. The molecule has 100 valence electrons. The van der Waals surface area contributed by atoms with Crippen LogP contribution in [0.25, 0.3) is 0 Å². The zero-order chi connectivity index (χ0) is 13.8. The van der Waals surface area contributed by atoms with Gasteiger partial charge in [0.05, 0.1) is 12.3 Å². The fourth-order valence-electron chi connectivity index (χ4n) is 1.48. The van der Waals surface area contributed by atoms with Gasteiger partial charge >= 0.3 is 5.97 Å². The SMILES string of the molecule is CCOC(=O)CNS(=O)(=O)c1c(C)cccc1N. The first-order valence-electron chi connectivity index (χ1n) is 5.39. The molecule has 0 aromatic heterocycles. The molecular formula is C11H16N2O4S. The summed E-state index contributed by atoms with van der Waals surface area (Å²) in [5.41, 5.74) is 6.30. The molecule has 1 aromatic rings. The van der Waals surface area contributed by atoms with Gasteiger partial charge in [0.2, 0.25) is 10.0 Å². The van der Waals surface area contributed by atoms with E-state index in [-0.39, 0.29) is 17.2 Å². The van der Waals surface area contributed by atoms with Crippen molar-refractivity contribution in [3.63, 3.8) is 0 Å². The second kappa shape index (κ2) is 5.83. The van der Waals surface area contributed by atoms with Crippen LogP contribution in [0.15, 0.2) is 23.1 Å². The second-order valence-corrected chi connectivity index (χ2v) is 5.33. The minimum atomic E-state index is -3.81. The standard InChI is InChI=1S/C11H16N2O4S/c1-3-17-10(14)7-13-18(15,16)11-8(2)5-4-6-9(11)12/h4-6,13H,3,7,12H2,1-2H3. The fourth-order valence-corrected chi connectivity index (χ4v) is 2.80. The monoisotopic (exact) mass is 272 g/mol. The van der Waals surface area contributed by atoms with Crippen molar-refractivity contribution >= 4 is 21.7 Å². The normalized spacial score (nSPS) is 11.2. The molecule has 0 fully saturated rings. The molecule has 6 nitrogen and oxygen atoms in total. The highest BCUT2D eigenvalue weighted by Crippen LogP contribution is 2.21. The molecule has 1 rings (SSSR count). The highest BCUT2D eigenvalue weighted by molar-refractivity contribution is 7.89. The molecule has 0 aliphatic heterocycles. The number of aryl methyl sites for hydroxylation is 1. The average Bonchev–Trinajstić information content (AvgIpc) is 2.26. The van der Waals surface area contributed by atoms with Gasteiger partial charge < -0.3 is 10.5 Å². The van der Waals surface area contributed by atoms with Gasteiger partial charge in [0, 0.05) is 0 Å². The number of carbonyl (C=O) groups excluding carboxylic acids is 1. The minimum absolute atomic E-state index is 0.00528. The van der Waals surface area contributed by atoms with E-state index < -0.39 is 22.5 Å². The molecule has 0 saturated heterocycles. The molecule has 0 aliphatic rings. The van der Waals surface area contributed by atoms with E-state index in [1.165, 1.54) is 6.07 Å². The van der Waals surface area contributed by atoms with Crippen molar-refractivity contribution in [1.82, 2.24) is 4.72 Å². The molecule has 0 amide bonds. The summed E-state index contributed by atoms with van der Waals surface area (Å²) in [4.78, 5) is 11.1. The number of nitrogens with two attached hydrogens (primary N) is 1. The zero-order valence-electron chi connectivity index (χ0n) is 10.3.